The summed E-state index contributed by atoms with van der Waals surface area (Å²) in [5.41, 5.74) is 7.24. The standard InChI is InChI=1S/C16H25N3/c1-5-11-19-14(17)13(16(2,3)4)18-15(19)12-9-7-6-8-10-12/h1,12H,6-11,17H2,2-4H3. The number of hydrogen-bond donors (Lipinski definition) is 1. The third-order valence-corrected chi connectivity index (χ3v) is 3.97. The second-order valence-corrected chi connectivity index (χ2v) is 6.58. The average Bonchev–Trinajstić information content (AvgIpc) is 2.69. The van der Waals surface area contributed by atoms with E-state index in [1.807, 2.05) is 0 Å². The van der Waals surface area contributed by atoms with Crippen LogP contribution in [0, 0.1) is 12.3 Å². The Balaban J connectivity index is 2.44. The Morgan fingerprint density at radius 3 is 2.47 bits per heavy atom. The van der Waals surface area contributed by atoms with Gasteiger partial charge in [0.2, 0.25) is 0 Å². The van der Waals surface area contributed by atoms with Crippen LogP contribution in [0.4, 0.5) is 5.82 Å². The molecular formula is C16H25N3. The van der Waals surface area contributed by atoms with Gasteiger partial charge in [-0.15, -0.1) is 6.42 Å². The molecule has 0 radical (unpaired) electrons. The molecule has 2 N–H and O–H groups in total. The largest absolute Gasteiger partial charge is 0.383 e. The summed E-state index contributed by atoms with van der Waals surface area (Å²) < 4.78 is 2.05. The molecule has 0 atom stereocenters. The normalized spacial score (nSPS) is 17.4. The maximum absolute atomic E-state index is 6.29. The van der Waals surface area contributed by atoms with Crippen LogP contribution in [0.1, 0.15) is 70.3 Å². The molecule has 1 heterocycles. The molecule has 1 saturated carbocycles. The number of aromatic nitrogens is 2. The molecule has 1 aromatic heterocycles. The lowest BCUT2D eigenvalue weighted by Gasteiger charge is -2.21. The van der Waals surface area contributed by atoms with Crippen LogP contribution in [-0.2, 0) is 12.0 Å². The number of imidazole rings is 1. The van der Waals surface area contributed by atoms with Crippen LogP contribution in [0.3, 0.4) is 0 Å². The number of rotatable bonds is 2. The van der Waals surface area contributed by atoms with Crippen molar-refractivity contribution in [1.29, 1.82) is 0 Å². The van der Waals surface area contributed by atoms with Crippen LogP contribution in [-0.4, -0.2) is 9.55 Å². The van der Waals surface area contributed by atoms with Gasteiger partial charge in [-0.2, -0.15) is 0 Å². The Bertz CT molecular complexity index is 479. The van der Waals surface area contributed by atoms with E-state index in [-0.39, 0.29) is 5.41 Å². The molecule has 2 rings (SSSR count). The first kappa shape index (κ1) is 14.0. The van der Waals surface area contributed by atoms with Crippen molar-refractivity contribution in [3.63, 3.8) is 0 Å². The number of terminal acetylenes is 1. The van der Waals surface area contributed by atoms with Gasteiger partial charge in [0, 0.05) is 11.3 Å². The summed E-state index contributed by atoms with van der Waals surface area (Å²) in [5, 5.41) is 0. The first-order valence-electron chi connectivity index (χ1n) is 7.25. The molecule has 19 heavy (non-hydrogen) atoms. The van der Waals surface area contributed by atoms with Gasteiger partial charge in [-0.3, -0.25) is 0 Å². The Morgan fingerprint density at radius 1 is 1.32 bits per heavy atom. The van der Waals surface area contributed by atoms with Crippen molar-refractivity contribution in [2.45, 2.75) is 70.8 Å². The third-order valence-electron chi connectivity index (χ3n) is 3.97. The topological polar surface area (TPSA) is 43.8 Å². The SMILES string of the molecule is C#CCn1c(C2CCCCC2)nc(C(C)(C)C)c1N. The first-order valence-corrected chi connectivity index (χ1v) is 7.25. The summed E-state index contributed by atoms with van der Waals surface area (Å²) in [6.07, 6.45) is 11.8. The van der Waals surface area contributed by atoms with Gasteiger partial charge in [0.05, 0.1) is 12.2 Å². The smallest absolute Gasteiger partial charge is 0.128 e. The van der Waals surface area contributed by atoms with E-state index in [0.29, 0.717) is 12.5 Å². The minimum absolute atomic E-state index is 0.0344. The Hall–Kier alpha value is -1.43. The molecule has 0 amide bonds. The zero-order valence-electron chi connectivity index (χ0n) is 12.4. The van der Waals surface area contributed by atoms with Gasteiger partial charge in [-0.1, -0.05) is 46.0 Å². The Labute approximate surface area is 116 Å². The molecule has 0 saturated heterocycles. The van der Waals surface area contributed by atoms with Gasteiger partial charge in [0.1, 0.15) is 11.6 Å². The van der Waals surface area contributed by atoms with Crippen molar-refractivity contribution in [3.05, 3.63) is 11.5 Å². The van der Waals surface area contributed by atoms with Crippen LogP contribution in [0.5, 0.6) is 0 Å². The van der Waals surface area contributed by atoms with Crippen molar-refractivity contribution < 1.29 is 0 Å². The fraction of sp³-hybridized carbons (Fsp3) is 0.688. The van der Waals surface area contributed by atoms with Crippen molar-refractivity contribution in [2.24, 2.45) is 0 Å². The highest BCUT2D eigenvalue weighted by Gasteiger charge is 2.28. The predicted molar refractivity (Wildman–Crippen MR) is 80.0 cm³/mol. The molecule has 0 unspecified atom stereocenters. The van der Waals surface area contributed by atoms with E-state index in [0.717, 1.165) is 17.3 Å². The van der Waals surface area contributed by atoms with E-state index in [1.54, 1.807) is 0 Å². The Kier molecular flexibility index (Phi) is 3.89. The predicted octanol–water partition coefficient (Wildman–Crippen LogP) is 3.44. The van der Waals surface area contributed by atoms with Crippen molar-refractivity contribution >= 4 is 5.82 Å². The number of hydrogen-bond acceptors (Lipinski definition) is 2. The van der Waals surface area contributed by atoms with Crippen LogP contribution in [0.25, 0.3) is 0 Å². The maximum atomic E-state index is 6.29. The van der Waals surface area contributed by atoms with Gasteiger partial charge in [0.15, 0.2) is 0 Å². The van der Waals surface area contributed by atoms with Crippen LogP contribution >= 0.6 is 0 Å². The highest BCUT2D eigenvalue weighted by atomic mass is 15.1. The molecule has 0 aromatic carbocycles. The summed E-state index contributed by atoms with van der Waals surface area (Å²) in [7, 11) is 0. The zero-order chi connectivity index (χ0) is 14.0. The monoisotopic (exact) mass is 259 g/mol. The van der Waals surface area contributed by atoms with Gasteiger partial charge < -0.3 is 10.3 Å². The molecule has 3 nitrogen and oxygen atoms in total. The summed E-state index contributed by atoms with van der Waals surface area (Å²) in [6, 6.07) is 0. The number of anilines is 1. The quantitative estimate of drug-likeness (QED) is 0.827. The Morgan fingerprint density at radius 2 is 1.95 bits per heavy atom. The molecular weight excluding hydrogens is 234 g/mol. The number of nitrogen functional groups attached to an aromatic ring is 1. The van der Waals surface area contributed by atoms with E-state index < -0.39 is 0 Å². The summed E-state index contributed by atoms with van der Waals surface area (Å²) in [4.78, 5) is 4.87. The summed E-state index contributed by atoms with van der Waals surface area (Å²) in [5.74, 6) is 5.11. The molecule has 1 aromatic rings. The van der Waals surface area contributed by atoms with Crippen molar-refractivity contribution in [3.8, 4) is 12.3 Å². The fourth-order valence-corrected chi connectivity index (χ4v) is 2.97. The van der Waals surface area contributed by atoms with Crippen LogP contribution < -0.4 is 5.73 Å². The second-order valence-electron chi connectivity index (χ2n) is 6.58. The molecule has 1 fully saturated rings. The molecule has 0 spiro atoms. The lowest BCUT2D eigenvalue weighted by atomic mass is 9.88. The fourth-order valence-electron chi connectivity index (χ4n) is 2.97. The van der Waals surface area contributed by atoms with E-state index in [2.05, 4.69) is 31.3 Å². The maximum Gasteiger partial charge on any atom is 0.128 e. The molecule has 1 aliphatic carbocycles. The zero-order valence-corrected chi connectivity index (χ0v) is 12.4. The van der Waals surface area contributed by atoms with Crippen LogP contribution in [0.15, 0.2) is 0 Å². The third kappa shape index (κ3) is 2.78. The minimum Gasteiger partial charge on any atom is -0.383 e. The number of nitrogens with zero attached hydrogens (tertiary/aromatic N) is 2. The van der Waals surface area contributed by atoms with Crippen molar-refractivity contribution in [2.75, 3.05) is 5.73 Å². The lowest BCUT2D eigenvalue weighted by Crippen LogP contribution is -2.15. The number of nitrogens with two attached hydrogens (primary N) is 1. The van der Waals surface area contributed by atoms with E-state index in [1.165, 1.54) is 32.1 Å². The van der Waals surface area contributed by atoms with Gasteiger partial charge >= 0.3 is 0 Å². The van der Waals surface area contributed by atoms with Crippen molar-refractivity contribution in [1.82, 2.24) is 9.55 Å². The lowest BCUT2D eigenvalue weighted by molar-refractivity contribution is 0.419. The van der Waals surface area contributed by atoms with Gasteiger partial charge in [0.25, 0.3) is 0 Å². The molecule has 104 valence electrons. The van der Waals surface area contributed by atoms with E-state index in [4.69, 9.17) is 17.1 Å². The molecule has 1 aliphatic rings. The first-order chi connectivity index (χ1) is 8.95. The van der Waals surface area contributed by atoms with E-state index in [9.17, 15) is 0 Å². The average molecular weight is 259 g/mol. The van der Waals surface area contributed by atoms with Crippen LogP contribution in [0.2, 0.25) is 0 Å². The van der Waals surface area contributed by atoms with Gasteiger partial charge in [-0.25, -0.2) is 4.98 Å². The van der Waals surface area contributed by atoms with Gasteiger partial charge in [-0.05, 0) is 12.8 Å². The highest BCUT2D eigenvalue weighted by molar-refractivity contribution is 5.43. The highest BCUT2D eigenvalue weighted by Crippen LogP contribution is 2.36. The molecule has 0 aliphatic heterocycles. The minimum atomic E-state index is -0.0344. The molecule has 3 heteroatoms. The molecule has 0 bridgehead atoms. The second kappa shape index (κ2) is 5.28. The summed E-state index contributed by atoms with van der Waals surface area (Å²) >= 11 is 0. The van der Waals surface area contributed by atoms with E-state index >= 15 is 0 Å². The summed E-state index contributed by atoms with van der Waals surface area (Å²) in [6.45, 7) is 6.98.